The second-order valence-electron chi connectivity index (χ2n) is 4.72. The molecule has 0 aliphatic heterocycles. The van der Waals surface area contributed by atoms with Gasteiger partial charge >= 0.3 is 0 Å². The van der Waals surface area contributed by atoms with E-state index >= 15 is 0 Å². The minimum Gasteiger partial charge on any atom is -0.0888 e. The molecule has 0 nitrogen and oxygen atoms in total. The van der Waals surface area contributed by atoms with E-state index in [0.29, 0.717) is 0 Å². The van der Waals surface area contributed by atoms with Crippen LogP contribution in [0.25, 0.3) is 0 Å². The van der Waals surface area contributed by atoms with Gasteiger partial charge < -0.3 is 0 Å². The van der Waals surface area contributed by atoms with Crippen molar-refractivity contribution in [2.24, 2.45) is 17.8 Å². The van der Waals surface area contributed by atoms with Gasteiger partial charge in [-0.05, 0) is 37.0 Å². The van der Waals surface area contributed by atoms with Crippen molar-refractivity contribution in [3.8, 4) is 0 Å². The highest BCUT2D eigenvalue weighted by atomic mass is 79.9. The number of hydrogen-bond donors (Lipinski definition) is 0. The highest BCUT2D eigenvalue weighted by Gasteiger charge is 2.29. The molecule has 72 valence electrons. The second kappa shape index (κ2) is 4.64. The maximum atomic E-state index is 3.80. The summed E-state index contributed by atoms with van der Waals surface area (Å²) in [5, 5.41) is 0. The second-order valence-corrected chi connectivity index (χ2v) is 5.89. The molecule has 0 bridgehead atoms. The van der Waals surface area contributed by atoms with Gasteiger partial charge in [0.25, 0.3) is 0 Å². The fourth-order valence-corrected chi connectivity index (χ4v) is 3.61. The first-order valence-corrected chi connectivity index (χ1v) is 6.17. The lowest BCUT2D eigenvalue weighted by Crippen LogP contribution is -2.17. The first kappa shape index (κ1) is 10.6. The van der Waals surface area contributed by atoms with Crippen LogP contribution in [-0.2, 0) is 0 Å². The zero-order chi connectivity index (χ0) is 9.14. The Morgan fingerprint density at radius 2 is 1.92 bits per heavy atom. The topological polar surface area (TPSA) is 0 Å². The molecule has 3 unspecified atom stereocenters. The molecule has 1 aliphatic carbocycles. The minimum absolute atomic E-state index is 0.811. The Kier molecular flexibility index (Phi) is 4.09. The van der Waals surface area contributed by atoms with E-state index in [-0.39, 0.29) is 0 Å². The molecule has 0 radical (unpaired) electrons. The molecule has 0 N–H and O–H groups in total. The normalized spacial score (nSPS) is 32.8. The first-order valence-electron chi connectivity index (χ1n) is 5.25. The number of halogens is 1. The van der Waals surface area contributed by atoms with Gasteiger partial charge in [0.2, 0.25) is 0 Å². The standard InChI is InChI=1S/C11H21Br/c1-8(2)7-9(3)10-5-4-6-11(10)12/h8-11H,4-7H2,1-3H3. The van der Waals surface area contributed by atoms with Gasteiger partial charge in [-0.1, -0.05) is 43.1 Å². The van der Waals surface area contributed by atoms with Crippen LogP contribution in [0.1, 0.15) is 46.5 Å². The van der Waals surface area contributed by atoms with Crippen LogP contribution in [-0.4, -0.2) is 4.83 Å². The summed E-state index contributed by atoms with van der Waals surface area (Å²) in [6.07, 6.45) is 5.67. The molecule has 0 aromatic rings. The molecule has 3 atom stereocenters. The number of alkyl halides is 1. The molecular weight excluding hydrogens is 212 g/mol. The fourth-order valence-electron chi connectivity index (χ4n) is 2.50. The van der Waals surface area contributed by atoms with Crippen LogP contribution < -0.4 is 0 Å². The van der Waals surface area contributed by atoms with Crippen molar-refractivity contribution < 1.29 is 0 Å². The summed E-state index contributed by atoms with van der Waals surface area (Å²) in [6.45, 7) is 7.08. The Bertz CT molecular complexity index is 131. The van der Waals surface area contributed by atoms with Crippen molar-refractivity contribution in [1.29, 1.82) is 0 Å². The third-order valence-electron chi connectivity index (χ3n) is 3.06. The maximum absolute atomic E-state index is 3.80. The van der Waals surface area contributed by atoms with Crippen LogP contribution >= 0.6 is 15.9 Å². The predicted molar refractivity (Wildman–Crippen MR) is 58.7 cm³/mol. The molecule has 1 rings (SSSR count). The Labute approximate surface area is 85.3 Å². The van der Waals surface area contributed by atoms with Crippen LogP contribution in [0.15, 0.2) is 0 Å². The monoisotopic (exact) mass is 232 g/mol. The highest BCUT2D eigenvalue weighted by Crippen LogP contribution is 2.38. The molecule has 0 spiro atoms. The summed E-state index contributed by atoms with van der Waals surface area (Å²) < 4.78 is 0. The minimum atomic E-state index is 0.811. The smallest absolute Gasteiger partial charge is 0.0176 e. The molecule has 0 aromatic carbocycles. The molecular formula is C11H21Br. The molecule has 1 fully saturated rings. The van der Waals surface area contributed by atoms with E-state index in [9.17, 15) is 0 Å². The summed E-state index contributed by atoms with van der Waals surface area (Å²) in [6, 6.07) is 0. The summed E-state index contributed by atoms with van der Waals surface area (Å²) in [5.41, 5.74) is 0. The van der Waals surface area contributed by atoms with Gasteiger partial charge in [0.1, 0.15) is 0 Å². The lowest BCUT2D eigenvalue weighted by Gasteiger charge is -2.23. The Hall–Kier alpha value is 0.480. The van der Waals surface area contributed by atoms with E-state index in [1.54, 1.807) is 0 Å². The SMILES string of the molecule is CC(C)CC(C)C1CCCC1Br. The highest BCUT2D eigenvalue weighted by molar-refractivity contribution is 9.09. The van der Waals surface area contributed by atoms with Crippen molar-refractivity contribution in [2.75, 3.05) is 0 Å². The van der Waals surface area contributed by atoms with Gasteiger partial charge in [0.05, 0.1) is 0 Å². The molecule has 1 saturated carbocycles. The third kappa shape index (κ3) is 2.76. The quantitative estimate of drug-likeness (QED) is 0.640. The molecule has 12 heavy (non-hydrogen) atoms. The molecule has 0 aromatic heterocycles. The van der Waals surface area contributed by atoms with Crippen molar-refractivity contribution in [2.45, 2.75) is 51.3 Å². The predicted octanol–water partition coefficient (Wildman–Crippen LogP) is 4.23. The van der Waals surface area contributed by atoms with E-state index in [1.165, 1.54) is 25.7 Å². The first-order chi connectivity index (χ1) is 5.61. The van der Waals surface area contributed by atoms with Gasteiger partial charge in [-0.25, -0.2) is 0 Å². The number of rotatable bonds is 3. The maximum Gasteiger partial charge on any atom is 0.0176 e. The van der Waals surface area contributed by atoms with E-state index in [2.05, 4.69) is 36.7 Å². The molecule has 0 heterocycles. The van der Waals surface area contributed by atoms with E-state index in [4.69, 9.17) is 0 Å². The molecule has 0 saturated heterocycles. The van der Waals surface area contributed by atoms with E-state index in [0.717, 1.165) is 22.6 Å². The van der Waals surface area contributed by atoms with E-state index in [1.807, 2.05) is 0 Å². The van der Waals surface area contributed by atoms with Gasteiger partial charge in [0.15, 0.2) is 0 Å². The largest absolute Gasteiger partial charge is 0.0888 e. The number of hydrogen-bond acceptors (Lipinski definition) is 0. The summed E-state index contributed by atoms with van der Waals surface area (Å²) in [5.74, 6) is 2.73. The van der Waals surface area contributed by atoms with Crippen LogP contribution in [0.3, 0.4) is 0 Å². The Balaban J connectivity index is 2.35. The van der Waals surface area contributed by atoms with Crippen molar-refractivity contribution in [3.05, 3.63) is 0 Å². The summed E-state index contributed by atoms with van der Waals surface area (Å²) in [7, 11) is 0. The Morgan fingerprint density at radius 1 is 1.25 bits per heavy atom. The molecule has 1 heteroatoms. The van der Waals surface area contributed by atoms with Crippen molar-refractivity contribution in [3.63, 3.8) is 0 Å². The average molecular weight is 233 g/mol. The summed E-state index contributed by atoms with van der Waals surface area (Å²) >= 11 is 3.80. The van der Waals surface area contributed by atoms with Gasteiger partial charge in [-0.15, -0.1) is 0 Å². The van der Waals surface area contributed by atoms with Crippen molar-refractivity contribution >= 4 is 15.9 Å². The van der Waals surface area contributed by atoms with Crippen LogP contribution in [0.2, 0.25) is 0 Å². The fraction of sp³-hybridized carbons (Fsp3) is 1.00. The molecule has 0 amide bonds. The van der Waals surface area contributed by atoms with Crippen LogP contribution in [0, 0.1) is 17.8 Å². The Morgan fingerprint density at radius 3 is 2.33 bits per heavy atom. The molecule has 1 aliphatic rings. The van der Waals surface area contributed by atoms with Crippen LogP contribution in [0.4, 0.5) is 0 Å². The third-order valence-corrected chi connectivity index (χ3v) is 4.19. The van der Waals surface area contributed by atoms with Crippen molar-refractivity contribution in [1.82, 2.24) is 0 Å². The average Bonchev–Trinajstić information content (AvgIpc) is 2.33. The van der Waals surface area contributed by atoms with Gasteiger partial charge in [0, 0.05) is 4.83 Å². The zero-order valence-electron chi connectivity index (χ0n) is 8.52. The lowest BCUT2D eigenvalue weighted by atomic mass is 9.86. The van der Waals surface area contributed by atoms with Crippen LogP contribution in [0.5, 0.6) is 0 Å². The van der Waals surface area contributed by atoms with E-state index < -0.39 is 0 Å². The summed E-state index contributed by atoms with van der Waals surface area (Å²) in [4.78, 5) is 0.811. The van der Waals surface area contributed by atoms with Gasteiger partial charge in [-0.3, -0.25) is 0 Å². The lowest BCUT2D eigenvalue weighted by molar-refractivity contribution is 0.316. The van der Waals surface area contributed by atoms with Gasteiger partial charge in [-0.2, -0.15) is 0 Å². The zero-order valence-corrected chi connectivity index (χ0v) is 10.1.